The lowest BCUT2D eigenvalue weighted by molar-refractivity contribution is 0.819. The fourth-order valence-electron chi connectivity index (χ4n) is 1.66. The van der Waals surface area contributed by atoms with Crippen molar-refractivity contribution >= 4 is 15.9 Å². The molecule has 2 unspecified atom stereocenters. The van der Waals surface area contributed by atoms with E-state index in [9.17, 15) is 0 Å². The maximum absolute atomic E-state index is 5.77. The van der Waals surface area contributed by atoms with Crippen LogP contribution in [0, 0.1) is 0 Å². The molecule has 0 saturated heterocycles. The van der Waals surface area contributed by atoms with Crippen LogP contribution in [0.3, 0.4) is 0 Å². The van der Waals surface area contributed by atoms with Crippen LogP contribution in [0.1, 0.15) is 12.8 Å². The molecule has 0 radical (unpaired) electrons. The van der Waals surface area contributed by atoms with Gasteiger partial charge in [0.2, 0.25) is 0 Å². The van der Waals surface area contributed by atoms with E-state index in [1.165, 1.54) is 11.1 Å². The van der Waals surface area contributed by atoms with Gasteiger partial charge in [-0.2, -0.15) is 0 Å². The van der Waals surface area contributed by atoms with Crippen molar-refractivity contribution < 1.29 is 0 Å². The third kappa shape index (κ3) is 2.25. The molecule has 2 N–H and O–H groups in total. The first-order valence-corrected chi connectivity index (χ1v) is 5.84. The molecule has 2 heteroatoms. The number of alkyl halides is 1. The van der Waals surface area contributed by atoms with Crippen molar-refractivity contribution in [1.29, 1.82) is 0 Å². The molecule has 2 aliphatic rings. The number of nitrogens with two attached hydrogens (primary N) is 1. The average Bonchev–Trinajstić information content (AvgIpc) is 2.21. The Labute approximate surface area is 93.2 Å². The van der Waals surface area contributed by atoms with Crippen LogP contribution in [0.4, 0.5) is 0 Å². The maximum atomic E-state index is 5.77. The van der Waals surface area contributed by atoms with Crippen LogP contribution in [-0.4, -0.2) is 10.9 Å². The summed E-state index contributed by atoms with van der Waals surface area (Å²) in [5, 5.41) is 0. The molecule has 0 heterocycles. The number of allylic oxidation sites excluding steroid dienone is 6. The van der Waals surface area contributed by atoms with Crippen molar-refractivity contribution in [2.45, 2.75) is 23.7 Å². The summed E-state index contributed by atoms with van der Waals surface area (Å²) in [6.07, 6.45) is 15.1. The monoisotopic (exact) mass is 251 g/mol. The molecule has 0 spiro atoms. The van der Waals surface area contributed by atoms with Gasteiger partial charge >= 0.3 is 0 Å². The van der Waals surface area contributed by atoms with Gasteiger partial charge in [0, 0.05) is 10.9 Å². The summed E-state index contributed by atoms with van der Waals surface area (Å²) >= 11 is 3.56. The van der Waals surface area contributed by atoms with Gasteiger partial charge in [0.25, 0.3) is 0 Å². The Kier molecular flexibility index (Phi) is 3.04. The molecule has 2 rings (SSSR count). The summed E-state index contributed by atoms with van der Waals surface area (Å²) in [6, 6.07) is 0.204. The third-order valence-corrected chi connectivity index (χ3v) is 3.19. The lowest BCUT2D eigenvalue weighted by atomic mass is 9.94. The Bertz CT molecular complexity index is 302. The molecule has 0 saturated carbocycles. The smallest absolute Gasteiger partial charge is 0.0363 e. The van der Waals surface area contributed by atoms with E-state index < -0.39 is 0 Å². The van der Waals surface area contributed by atoms with Gasteiger partial charge < -0.3 is 5.73 Å². The minimum absolute atomic E-state index is 0.204. The molecule has 14 heavy (non-hydrogen) atoms. The van der Waals surface area contributed by atoms with E-state index in [1.54, 1.807) is 0 Å². The molecule has 0 aromatic heterocycles. The third-order valence-electron chi connectivity index (χ3n) is 2.51. The second-order valence-corrected chi connectivity index (χ2v) is 4.86. The molecule has 0 aromatic rings. The van der Waals surface area contributed by atoms with Crippen molar-refractivity contribution in [3.8, 4) is 0 Å². The van der Waals surface area contributed by atoms with E-state index in [4.69, 9.17) is 5.73 Å². The minimum Gasteiger partial charge on any atom is -0.324 e. The molecule has 2 atom stereocenters. The normalized spacial score (nSPS) is 31.3. The van der Waals surface area contributed by atoms with Gasteiger partial charge in [0.1, 0.15) is 0 Å². The highest BCUT2D eigenvalue weighted by Gasteiger charge is 2.09. The second kappa shape index (κ2) is 4.28. The SMILES string of the molecule is NC1C=CC(C2=CCC(Br)C=C2)=CC1. The van der Waals surface area contributed by atoms with Crippen LogP contribution in [0.15, 0.2) is 47.6 Å². The quantitative estimate of drug-likeness (QED) is 0.713. The zero-order chi connectivity index (χ0) is 9.97. The predicted molar refractivity (Wildman–Crippen MR) is 64.4 cm³/mol. The molecular formula is C12H14BrN. The Hall–Kier alpha value is -0.600. The first kappa shape index (κ1) is 9.94. The van der Waals surface area contributed by atoms with Crippen molar-refractivity contribution in [2.24, 2.45) is 5.73 Å². The van der Waals surface area contributed by atoms with E-state index in [0.29, 0.717) is 4.83 Å². The standard InChI is InChI=1S/C12H14BrN/c13-11-5-1-9(2-6-11)10-3-7-12(14)8-4-10/h1-5,7,11-12H,6,8,14H2. The van der Waals surface area contributed by atoms with Crippen LogP contribution < -0.4 is 5.73 Å². The highest BCUT2D eigenvalue weighted by Crippen LogP contribution is 2.24. The van der Waals surface area contributed by atoms with E-state index in [0.717, 1.165) is 12.8 Å². The van der Waals surface area contributed by atoms with Gasteiger partial charge in [-0.3, -0.25) is 0 Å². The van der Waals surface area contributed by atoms with Gasteiger partial charge in [0.05, 0.1) is 0 Å². The number of hydrogen-bond donors (Lipinski definition) is 1. The summed E-state index contributed by atoms with van der Waals surface area (Å²) in [4.78, 5) is 0.502. The molecule has 0 amide bonds. The molecule has 0 bridgehead atoms. The van der Waals surface area contributed by atoms with Crippen LogP contribution in [-0.2, 0) is 0 Å². The van der Waals surface area contributed by atoms with Crippen molar-refractivity contribution in [3.63, 3.8) is 0 Å². The van der Waals surface area contributed by atoms with Crippen LogP contribution in [0.5, 0.6) is 0 Å². The van der Waals surface area contributed by atoms with Crippen molar-refractivity contribution in [1.82, 2.24) is 0 Å². The molecule has 0 aromatic carbocycles. The van der Waals surface area contributed by atoms with Crippen LogP contribution >= 0.6 is 15.9 Å². The Morgan fingerprint density at radius 3 is 2.21 bits per heavy atom. The zero-order valence-electron chi connectivity index (χ0n) is 7.99. The van der Waals surface area contributed by atoms with Crippen LogP contribution in [0.2, 0.25) is 0 Å². The van der Waals surface area contributed by atoms with Gasteiger partial charge in [-0.1, -0.05) is 52.4 Å². The molecular weight excluding hydrogens is 238 g/mol. The van der Waals surface area contributed by atoms with E-state index >= 15 is 0 Å². The zero-order valence-corrected chi connectivity index (χ0v) is 9.57. The molecule has 0 fully saturated rings. The Balaban J connectivity index is 2.11. The van der Waals surface area contributed by atoms with E-state index in [2.05, 4.69) is 52.4 Å². The summed E-state index contributed by atoms with van der Waals surface area (Å²) in [5.41, 5.74) is 8.40. The van der Waals surface area contributed by atoms with Gasteiger partial charge in [-0.25, -0.2) is 0 Å². The first-order chi connectivity index (χ1) is 6.75. The van der Waals surface area contributed by atoms with E-state index in [1.807, 2.05) is 0 Å². The fourth-order valence-corrected chi connectivity index (χ4v) is 2.00. The Morgan fingerprint density at radius 2 is 1.71 bits per heavy atom. The van der Waals surface area contributed by atoms with Crippen molar-refractivity contribution in [3.05, 3.63) is 47.6 Å². The van der Waals surface area contributed by atoms with Crippen molar-refractivity contribution in [2.75, 3.05) is 0 Å². The highest BCUT2D eigenvalue weighted by molar-refractivity contribution is 9.09. The molecule has 1 nitrogen and oxygen atoms in total. The number of halogens is 1. The van der Waals surface area contributed by atoms with Gasteiger partial charge in [0.15, 0.2) is 0 Å². The summed E-state index contributed by atoms with van der Waals surface area (Å²) < 4.78 is 0. The molecule has 0 aliphatic heterocycles. The topological polar surface area (TPSA) is 26.0 Å². The summed E-state index contributed by atoms with van der Waals surface area (Å²) in [7, 11) is 0. The second-order valence-electron chi connectivity index (χ2n) is 3.69. The largest absolute Gasteiger partial charge is 0.324 e. The fraction of sp³-hybridized carbons (Fsp3) is 0.333. The Morgan fingerprint density at radius 1 is 1.07 bits per heavy atom. The minimum atomic E-state index is 0.204. The predicted octanol–water partition coefficient (Wildman–Crippen LogP) is 2.85. The maximum Gasteiger partial charge on any atom is 0.0363 e. The van der Waals surface area contributed by atoms with E-state index in [-0.39, 0.29) is 6.04 Å². The first-order valence-electron chi connectivity index (χ1n) is 4.92. The molecule has 2 aliphatic carbocycles. The average molecular weight is 252 g/mol. The van der Waals surface area contributed by atoms with Gasteiger partial charge in [-0.15, -0.1) is 0 Å². The van der Waals surface area contributed by atoms with Gasteiger partial charge in [-0.05, 0) is 24.0 Å². The molecule has 74 valence electrons. The highest BCUT2D eigenvalue weighted by atomic mass is 79.9. The lowest BCUT2D eigenvalue weighted by Crippen LogP contribution is -2.17. The summed E-state index contributed by atoms with van der Waals surface area (Å²) in [6.45, 7) is 0. The van der Waals surface area contributed by atoms with Crippen LogP contribution in [0.25, 0.3) is 0 Å². The summed E-state index contributed by atoms with van der Waals surface area (Å²) in [5.74, 6) is 0. The number of rotatable bonds is 1. The number of hydrogen-bond acceptors (Lipinski definition) is 1. The lowest BCUT2D eigenvalue weighted by Gasteiger charge is -2.15.